The van der Waals surface area contributed by atoms with E-state index in [9.17, 15) is 0 Å². The number of imidazole rings is 3. The number of furan rings is 2. The van der Waals surface area contributed by atoms with Crippen molar-refractivity contribution in [3.63, 3.8) is 0 Å². The predicted octanol–water partition coefficient (Wildman–Crippen LogP) is 24.2. The summed E-state index contributed by atoms with van der Waals surface area (Å²) in [4.78, 5) is 4.33. The highest BCUT2D eigenvalue weighted by atomic mass is 16.3. The summed E-state index contributed by atoms with van der Waals surface area (Å²) in [6.45, 7) is 29.1. The fourth-order valence-electron chi connectivity index (χ4n) is 16.3. The third-order valence-electron chi connectivity index (χ3n) is 22.5. The molecule has 10 aromatic carbocycles. The molecule has 0 aliphatic carbocycles. The van der Waals surface area contributed by atoms with Crippen molar-refractivity contribution in [2.75, 3.05) is 0 Å². The Morgan fingerprint density at radius 1 is 0.299 bits per heavy atom. The fourth-order valence-corrected chi connectivity index (χ4v) is 16.3. The first-order valence-electron chi connectivity index (χ1n) is 41.0. The molecule has 11 nitrogen and oxygen atoms in total. The molecule has 117 heavy (non-hydrogen) atoms. The van der Waals surface area contributed by atoms with Crippen molar-refractivity contribution in [2.24, 2.45) is 35.2 Å². The largest absolute Gasteiger partial charge is 0.455 e. The Morgan fingerprint density at radius 3 is 1.16 bits per heavy atom. The molecule has 8 heterocycles. The number of benzene rings is 10. The Balaban J connectivity index is 0.000000122. The van der Waals surface area contributed by atoms with Gasteiger partial charge < -0.3 is 8.83 Å². The summed E-state index contributed by atoms with van der Waals surface area (Å²) in [6, 6.07) is 91.7. The van der Waals surface area contributed by atoms with Crippen LogP contribution >= 0.6 is 0 Å². The molecule has 0 unspecified atom stereocenters. The van der Waals surface area contributed by atoms with Gasteiger partial charge in [-0.25, -0.2) is 27.8 Å². The van der Waals surface area contributed by atoms with Crippen molar-refractivity contribution in [3.8, 4) is 84.9 Å². The average Bonchev–Trinajstić information content (AvgIpc) is 1.69. The number of hydrogen-bond donors (Lipinski definition) is 0. The standard InChI is InChI=1S/C29H33N2.C23H29N2.C19H16NO.C18H15N2O.C17H17N2/c1-20(2)26-18-24(23-13-8-7-9-14-23)19-27(21(3)4)28(26)31-17-16-30(6)29(31)25-15-11-10-12-22(25)5;1-16(2)19-12-9-13-20(17(3)4)22(19)25-15-14-24(6)23(25)21-11-8-7-10-18(21)5;1-13-10-11-15-14-7-3-4-9-17(14)21-19(15)18(13)16-8-5-6-12-20(16)2;1-12-8-9-13-14-6-5-10-19-18(14)21-17(13)16(12)15-7-3-4-11-20(15)2;1-14-8-6-7-11-16(14)17-18(2)12-13-19(17)15-9-4-3-5-10-15/h7-21H,1-6H3;7-17H,1-6H3;3-12H,1-2H3;3-11H,1-2H3;3-13H,1-2H3/q5*+1. The van der Waals surface area contributed by atoms with Crippen molar-refractivity contribution in [2.45, 2.75) is 114 Å². The minimum absolute atomic E-state index is 0.411. The van der Waals surface area contributed by atoms with Crippen molar-refractivity contribution >= 4 is 44.0 Å². The van der Waals surface area contributed by atoms with Gasteiger partial charge in [0.15, 0.2) is 18.0 Å². The molecule has 0 fully saturated rings. The van der Waals surface area contributed by atoms with E-state index in [0.717, 1.165) is 38.8 Å². The van der Waals surface area contributed by atoms with E-state index < -0.39 is 0 Å². The smallest absolute Gasteiger partial charge is 0.294 e. The molecule has 0 N–H and O–H groups in total. The fraction of sp³-hybridized carbons (Fsp3) is 0.208. The van der Waals surface area contributed by atoms with Gasteiger partial charge in [-0.3, -0.25) is 0 Å². The highest BCUT2D eigenvalue weighted by Gasteiger charge is 2.31. The van der Waals surface area contributed by atoms with Gasteiger partial charge in [-0.15, -0.1) is 0 Å². The van der Waals surface area contributed by atoms with Crippen LogP contribution in [0.4, 0.5) is 0 Å². The summed E-state index contributed by atoms with van der Waals surface area (Å²) in [7, 11) is 10.5. The minimum atomic E-state index is 0.411. The SMILES string of the molecule is Cc1ccc2c(oc3ccccc32)c1-c1cccc[n+]1C.Cc1ccc2c(oc3ncccc32)c1-c1cccc[n+]1C.Cc1ccccc1-c1n(-c2c(C(C)C)cc(-c3ccccc3)cc2C(C)C)cc[n+]1C.Cc1ccccc1-c1n(-c2c(C(C)C)cccc2C(C)C)cc[n+]1C.Cc1ccccc1-c1n(-c2ccccc2)cc[n+]1C. The van der Waals surface area contributed by atoms with E-state index in [1.807, 2.05) is 36.4 Å². The summed E-state index contributed by atoms with van der Waals surface area (Å²) in [6.07, 6.45) is 18.8. The molecular formula is C106H110N9O2+5. The molecule has 0 atom stereocenters. The van der Waals surface area contributed by atoms with Gasteiger partial charge in [-0.05, 0) is 170 Å². The van der Waals surface area contributed by atoms with Crippen molar-refractivity contribution in [1.29, 1.82) is 0 Å². The summed E-state index contributed by atoms with van der Waals surface area (Å²) in [5.74, 6) is 5.42. The van der Waals surface area contributed by atoms with Gasteiger partial charge in [0.25, 0.3) is 17.5 Å². The lowest BCUT2D eigenvalue weighted by Gasteiger charge is -2.20. The number of aromatic nitrogens is 9. The zero-order chi connectivity index (χ0) is 82.3. The number of hydrogen-bond acceptors (Lipinski definition) is 3. The molecular weight excluding hydrogens is 1430 g/mol. The zero-order valence-corrected chi connectivity index (χ0v) is 71.2. The second-order valence-electron chi connectivity index (χ2n) is 32.1. The maximum absolute atomic E-state index is 6.16. The molecule has 0 bridgehead atoms. The van der Waals surface area contributed by atoms with Crippen LogP contribution in [-0.4, -0.2) is 18.7 Å². The number of rotatable bonds is 13. The van der Waals surface area contributed by atoms with Gasteiger partial charge in [0, 0.05) is 74.3 Å². The molecule has 0 saturated carbocycles. The molecule has 11 heteroatoms. The van der Waals surface area contributed by atoms with Crippen molar-refractivity contribution in [1.82, 2.24) is 18.7 Å². The van der Waals surface area contributed by atoms with Gasteiger partial charge in [-0.1, -0.05) is 219 Å². The predicted molar refractivity (Wildman–Crippen MR) is 481 cm³/mol. The molecule has 18 rings (SSSR count). The third kappa shape index (κ3) is 16.6. The highest BCUT2D eigenvalue weighted by Crippen LogP contribution is 2.42. The van der Waals surface area contributed by atoms with Gasteiger partial charge in [0.2, 0.25) is 17.1 Å². The molecule has 0 aliphatic heterocycles. The average molecular weight is 1540 g/mol. The first-order chi connectivity index (χ1) is 56.6. The van der Waals surface area contributed by atoms with Gasteiger partial charge in [-0.2, -0.15) is 13.7 Å². The molecule has 0 spiro atoms. The van der Waals surface area contributed by atoms with Crippen LogP contribution in [0.15, 0.2) is 325 Å². The number of nitrogens with zero attached hydrogens (tertiary/aromatic N) is 9. The Morgan fingerprint density at radius 2 is 0.692 bits per heavy atom. The van der Waals surface area contributed by atoms with Gasteiger partial charge >= 0.3 is 0 Å². The van der Waals surface area contributed by atoms with Crippen LogP contribution in [0.2, 0.25) is 0 Å². The second-order valence-corrected chi connectivity index (χ2v) is 32.1. The van der Waals surface area contributed by atoms with Crippen LogP contribution in [-0.2, 0) is 35.2 Å². The van der Waals surface area contributed by atoms with Crippen LogP contribution in [0.25, 0.3) is 129 Å². The van der Waals surface area contributed by atoms with Crippen LogP contribution in [0.3, 0.4) is 0 Å². The monoisotopic (exact) mass is 1540 g/mol. The molecule has 0 radical (unpaired) electrons. The van der Waals surface area contributed by atoms with E-state index in [1.165, 1.54) is 134 Å². The second kappa shape index (κ2) is 35.3. The Bertz CT molecular complexity index is 6320. The molecule has 18 aromatic rings. The van der Waals surface area contributed by atoms with E-state index in [-0.39, 0.29) is 0 Å². The van der Waals surface area contributed by atoms with Crippen LogP contribution in [0, 0.1) is 34.6 Å². The topological polar surface area (TPSA) is 73.4 Å². The zero-order valence-electron chi connectivity index (χ0n) is 71.2. The first-order valence-corrected chi connectivity index (χ1v) is 41.0. The Kier molecular flexibility index (Phi) is 24.3. The maximum Gasteiger partial charge on any atom is 0.294 e. The third-order valence-corrected chi connectivity index (χ3v) is 22.5. The van der Waals surface area contributed by atoms with E-state index >= 15 is 0 Å². The summed E-state index contributed by atoms with van der Waals surface area (Å²) in [5, 5.41) is 4.53. The number of para-hydroxylation sites is 3. The van der Waals surface area contributed by atoms with Crippen LogP contribution in [0.5, 0.6) is 0 Å². The van der Waals surface area contributed by atoms with E-state index in [0.29, 0.717) is 29.4 Å². The summed E-state index contributed by atoms with van der Waals surface area (Å²) >= 11 is 0. The van der Waals surface area contributed by atoms with Crippen LogP contribution in [0.1, 0.15) is 129 Å². The van der Waals surface area contributed by atoms with Crippen molar-refractivity contribution < 1.29 is 31.7 Å². The quantitative estimate of drug-likeness (QED) is 0.108. The van der Waals surface area contributed by atoms with Crippen molar-refractivity contribution in [3.05, 3.63) is 367 Å². The van der Waals surface area contributed by atoms with Crippen LogP contribution < -0.4 is 22.8 Å². The number of aryl methyl sites for hydroxylation is 10. The first kappa shape index (κ1) is 80.5. The highest BCUT2D eigenvalue weighted by molar-refractivity contribution is 6.10. The van der Waals surface area contributed by atoms with Gasteiger partial charge in [0.1, 0.15) is 79.5 Å². The Labute approximate surface area is 690 Å². The minimum Gasteiger partial charge on any atom is -0.455 e. The molecule has 0 aliphatic rings. The van der Waals surface area contributed by atoms with E-state index in [1.54, 1.807) is 6.20 Å². The summed E-state index contributed by atoms with van der Waals surface area (Å²) < 4.78 is 30.1. The lowest BCUT2D eigenvalue weighted by atomic mass is 9.88. The van der Waals surface area contributed by atoms with Gasteiger partial charge in [0.05, 0.1) is 49.0 Å². The number of pyridine rings is 3. The van der Waals surface area contributed by atoms with E-state index in [2.05, 4.69) is 441 Å². The normalized spacial score (nSPS) is 11.3. The van der Waals surface area contributed by atoms with E-state index in [4.69, 9.17) is 8.83 Å². The maximum atomic E-state index is 6.16. The molecule has 0 amide bonds. The lowest BCUT2D eigenvalue weighted by molar-refractivity contribution is -0.660. The lowest BCUT2D eigenvalue weighted by Crippen LogP contribution is -2.30. The molecule has 586 valence electrons. The summed E-state index contributed by atoms with van der Waals surface area (Å²) in [5.41, 5.74) is 30.2. The molecule has 0 saturated heterocycles. The molecule has 8 aromatic heterocycles. The Hall–Kier alpha value is -13.1. The number of fused-ring (bicyclic) bond motifs is 6.